The van der Waals surface area contributed by atoms with Gasteiger partial charge in [-0.2, -0.15) is 0 Å². The van der Waals surface area contributed by atoms with Crippen molar-refractivity contribution in [1.29, 1.82) is 0 Å². The molecule has 0 fully saturated rings. The van der Waals surface area contributed by atoms with Crippen molar-refractivity contribution in [3.63, 3.8) is 0 Å². The molecule has 0 unspecified atom stereocenters. The first kappa shape index (κ1) is 15.7. The summed E-state index contributed by atoms with van der Waals surface area (Å²) in [5.41, 5.74) is 8.34. The number of amides is 1. The normalized spacial score (nSPS) is 10.9. The lowest BCUT2D eigenvalue weighted by Gasteiger charge is -2.04. The van der Waals surface area contributed by atoms with Crippen LogP contribution in [0.25, 0.3) is 22.6 Å². The van der Waals surface area contributed by atoms with Gasteiger partial charge in [-0.3, -0.25) is 19.3 Å². The highest BCUT2D eigenvalue weighted by atomic mass is 16.1. The molecule has 4 rings (SSSR count). The van der Waals surface area contributed by atoms with E-state index in [2.05, 4.69) is 19.9 Å². The highest BCUT2D eigenvalue weighted by Gasteiger charge is 2.12. The third-order valence-electron chi connectivity index (χ3n) is 3.99. The standard InChI is InChI=1S/C18H14N6O2/c19-15(25)13-5-1-4-12(7-13)14-9-21-17-16(22-14)23-18(26)24(17)10-11-3-2-6-20-8-11/h1-9H,10H2,(H2,19,25)(H,22,23,26). The number of imidazole rings is 1. The van der Waals surface area contributed by atoms with E-state index in [0.717, 1.165) is 5.56 Å². The molecule has 128 valence electrons. The minimum absolute atomic E-state index is 0.299. The summed E-state index contributed by atoms with van der Waals surface area (Å²) in [5.74, 6) is -0.517. The minimum atomic E-state index is -0.517. The van der Waals surface area contributed by atoms with Gasteiger partial charge in [0.2, 0.25) is 5.91 Å². The van der Waals surface area contributed by atoms with E-state index in [-0.39, 0.29) is 5.69 Å². The van der Waals surface area contributed by atoms with Crippen molar-refractivity contribution in [3.8, 4) is 11.3 Å². The lowest BCUT2D eigenvalue weighted by atomic mass is 10.1. The van der Waals surface area contributed by atoms with Gasteiger partial charge in [0.1, 0.15) is 0 Å². The second kappa shape index (κ2) is 6.25. The third kappa shape index (κ3) is 2.84. The molecule has 0 saturated carbocycles. The molecule has 0 aliphatic heterocycles. The quantitative estimate of drug-likeness (QED) is 0.578. The lowest BCUT2D eigenvalue weighted by molar-refractivity contribution is 0.100. The average Bonchev–Trinajstić information content (AvgIpc) is 2.97. The molecular weight excluding hydrogens is 332 g/mol. The number of nitrogens with two attached hydrogens (primary N) is 1. The first-order valence-corrected chi connectivity index (χ1v) is 7.86. The first-order chi connectivity index (χ1) is 12.6. The predicted octanol–water partition coefficient (Wildman–Crippen LogP) is 1.33. The zero-order valence-corrected chi connectivity index (χ0v) is 13.6. The van der Waals surface area contributed by atoms with E-state index in [0.29, 0.717) is 34.7 Å². The van der Waals surface area contributed by atoms with E-state index in [4.69, 9.17) is 5.73 Å². The number of benzene rings is 1. The number of hydrogen-bond acceptors (Lipinski definition) is 5. The van der Waals surface area contributed by atoms with E-state index in [1.165, 1.54) is 4.57 Å². The summed E-state index contributed by atoms with van der Waals surface area (Å²) in [4.78, 5) is 39.2. The average molecular weight is 346 g/mol. The molecule has 1 amide bonds. The van der Waals surface area contributed by atoms with Gasteiger partial charge in [0.15, 0.2) is 11.3 Å². The Hall–Kier alpha value is -3.81. The van der Waals surface area contributed by atoms with Crippen molar-refractivity contribution in [3.05, 3.63) is 76.6 Å². The summed E-state index contributed by atoms with van der Waals surface area (Å²) in [5, 5.41) is 0. The maximum Gasteiger partial charge on any atom is 0.329 e. The maximum atomic E-state index is 12.3. The van der Waals surface area contributed by atoms with Crippen molar-refractivity contribution >= 4 is 17.2 Å². The molecule has 0 radical (unpaired) electrons. The molecule has 3 heterocycles. The molecule has 3 aromatic heterocycles. The van der Waals surface area contributed by atoms with Crippen LogP contribution in [0.15, 0.2) is 59.8 Å². The van der Waals surface area contributed by atoms with Gasteiger partial charge in [0.05, 0.1) is 18.4 Å². The molecule has 8 heteroatoms. The fourth-order valence-corrected chi connectivity index (χ4v) is 2.72. The van der Waals surface area contributed by atoms with Gasteiger partial charge in [-0.25, -0.2) is 14.8 Å². The van der Waals surface area contributed by atoms with Crippen molar-refractivity contribution in [2.45, 2.75) is 6.54 Å². The van der Waals surface area contributed by atoms with Crippen LogP contribution in [-0.2, 0) is 6.54 Å². The smallest absolute Gasteiger partial charge is 0.329 e. The van der Waals surface area contributed by atoms with Gasteiger partial charge in [-0.05, 0) is 23.8 Å². The number of primary amides is 1. The van der Waals surface area contributed by atoms with Crippen LogP contribution in [0.4, 0.5) is 0 Å². The summed E-state index contributed by atoms with van der Waals surface area (Å²) in [6.07, 6.45) is 4.94. The Morgan fingerprint density at radius 2 is 2.08 bits per heavy atom. The number of carbonyl (C=O) groups excluding carboxylic acids is 1. The van der Waals surface area contributed by atoms with Gasteiger partial charge in [-0.1, -0.05) is 18.2 Å². The van der Waals surface area contributed by atoms with Crippen molar-refractivity contribution in [2.75, 3.05) is 0 Å². The number of pyridine rings is 1. The monoisotopic (exact) mass is 346 g/mol. The number of nitrogens with one attached hydrogen (secondary N) is 1. The van der Waals surface area contributed by atoms with Crippen LogP contribution < -0.4 is 11.4 Å². The molecule has 0 saturated heterocycles. The van der Waals surface area contributed by atoms with Gasteiger partial charge >= 0.3 is 5.69 Å². The third-order valence-corrected chi connectivity index (χ3v) is 3.99. The van der Waals surface area contributed by atoms with E-state index in [1.54, 1.807) is 42.9 Å². The Labute approximate surface area is 147 Å². The molecule has 0 atom stereocenters. The van der Waals surface area contributed by atoms with Gasteiger partial charge in [-0.15, -0.1) is 0 Å². The summed E-state index contributed by atoms with van der Waals surface area (Å²) in [6, 6.07) is 10.5. The predicted molar refractivity (Wildman–Crippen MR) is 95.4 cm³/mol. The van der Waals surface area contributed by atoms with E-state index < -0.39 is 5.91 Å². The van der Waals surface area contributed by atoms with Crippen molar-refractivity contribution in [2.24, 2.45) is 5.73 Å². The van der Waals surface area contributed by atoms with Crippen LogP contribution in [0.1, 0.15) is 15.9 Å². The highest BCUT2D eigenvalue weighted by molar-refractivity contribution is 5.94. The second-order valence-electron chi connectivity index (χ2n) is 5.75. The Morgan fingerprint density at radius 1 is 1.19 bits per heavy atom. The topological polar surface area (TPSA) is 120 Å². The molecular formula is C18H14N6O2. The van der Waals surface area contributed by atoms with Crippen LogP contribution in [0, 0.1) is 0 Å². The summed E-state index contributed by atoms with van der Waals surface area (Å²) in [6.45, 7) is 0.345. The zero-order chi connectivity index (χ0) is 18.1. The lowest BCUT2D eigenvalue weighted by Crippen LogP contribution is -2.17. The van der Waals surface area contributed by atoms with Crippen LogP contribution in [0.2, 0.25) is 0 Å². The van der Waals surface area contributed by atoms with E-state index in [1.807, 2.05) is 12.1 Å². The summed E-state index contributed by atoms with van der Waals surface area (Å²) < 4.78 is 1.50. The molecule has 1 aromatic carbocycles. The number of carbonyl (C=O) groups is 1. The molecule has 26 heavy (non-hydrogen) atoms. The largest absolute Gasteiger partial charge is 0.366 e. The molecule has 0 aliphatic rings. The molecule has 0 aliphatic carbocycles. The summed E-state index contributed by atoms with van der Waals surface area (Å²) in [7, 11) is 0. The Balaban J connectivity index is 1.76. The fourth-order valence-electron chi connectivity index (χ4n) is 2.72. The molecule has 3 N–H and O–H groups in total. The van der Waals surface area contributed by atoms with Crippen LogP contribution in [0.5, 0.6) is 0 Å². The van der Waals surface area contributed by atoms with Gasteiger partial charge < -0.3 is 5.73 Å². The SMILES string of the molecule is NC(=O)c1cccc(-c2cnc3c(n2)[nH]c(=O)n3Cc2cccnc2)c1. The van der Waals surface area contributed by atoms with Crippen LogP contribution in [-0.4, -0.2) is 30.4 Å². The highest BCUT2D eigenvalue weighted by Crippen LogP contribution is 2.19. The number of rotatable bonds is 4. The minimum Gasteiger partial charge on any atom is -0.366 e. The molecule has 4 aromatic rings. The number of fused-ring (bicyclic) bond motifs is 1. The number of nitrogens with zero attached hydrogens (tertiary/aromatic N) is 4. The number of hydrogen-bond donors (Lipinski definition) is 2. The van der Waals surface area contributed by atoms with E-state index >= 15 is 0 Å². The Kier molecular flexibility index (Phi) is 3.77. The first-order valence-electron chi connectivity index (χ1n) is 7.86. The molecule has 0 spiro atoms. The maximum absolute atomic E-state index is 12.3. The number of aromatic nitrogens is 5. The van der Waals surface area contributed by atoms with E-state index in [9.17, 15) is 9.59 Å². The second-order valence-corrected chi connectivity index (χ2v) is 5.75. The zero-order valence-electron chi connectivity index (χ0n) is 13.6. The number of aromatic amines is 1. The van der Waals surface area contributed by atoms with Gasteiger partial charge in [0.25, 0.3) is 0 Å². The summed E-state index contributed by atoms with van der Waals surface area (Å²) >= 11 is 0. The van der Waals surface area contributed by atoms with Crippen molar-refractivity contribution < 1.29 is 4.79 Å². The Bertz CT molecular complexity index is 1160. The molecule has 0 bridgehead atoms. The fraction of sp³-hybridized carbons (Fsp3) is 0.0556. The van der Waals surface area contributed by atoms with Crippen molar-refractivity contribution in [1.82, 2.24) is 24.5 Å². The van der Waals surface area contributed by atoms with Gasteiger partial charge in [0, 0.05) is 23.5 Å². The molecule has 8 nitrogen and oxygen atoms in total. The number of H-pyrrole nitrogens is 1. The van der Waals surface area contributed by atoms with Crippen LogP contribution in [0.3, 0.4) is 0 Å². The Morgan fingerprint density at radius 3 is 2.85 bits per heavy atom. The van der Waals surface area contributed by atoms with Crippen LogP contribution >= 0.6 is 0 Å².